The van der Waals surface area contributed by atoms with E-state index in [4.69, 9.17) is 21.1 Å². The number of nitro benzene ring substituents is 1. The minimum absolute atomic E-state index is 0.355. The zero-order valence-corrected chi connectivity index (χ0v) is 16.4. The van der Waals surface area contributed by atoms with E-state index in [1.807, 2.05) is 0 Å². The van der Waals surface area contributed by atoms with Gasteiger partial charge in [-0.15, -0.1) is 0 Å². The molecule has 0 radical (unpaired) electrons. The molecule has 0 heterocycles. The van der Waals surface area contributed by atoms with Gasteiger partial charge in [-0.25, -0.2) is 4.79 Å². The second-order valence-electron chi connectivity index (χ2n) is 5.69. The normalized spacial score (nSPS) is 10.5. The third-order valence-electron chi connectivity index (χ3n) is 3.79. The number of benzene rings is 2. The maximum atomic E-state index is 12.5. The molecule has 160 valence electrons. The van der Waals surface area contributed by atoms with Crippen molar-refractivity contribution in [3.8, 4) is 11.5 Å². The smallest absolute Gasteiger partial charge is 0.387 e. The first-order chi connectivity index (χ1) is 14.1. The molecule has 0 atom stereocenters. The van der Waals surface area contributed by atoms with Crippen molar-refractivity contribution in [2.24, 2.45) is 0 Å². The lowest BCUT2D eigenvalue weighted by Crippen LogP contribution is -2.22. The van der Waals surface area contributed by atoms with Crippen molar-refractivity contribution in [3.63, 3.8) is 0 Å². The molecule has 0 saturated heterocycles. The molecule has 0 aliphatic rings. The summed E-state index contributed by atoms with van der Waals surface area (Å²) < 4.78 is 38.7. The summed E-state index contributed by atoms with van der Waals surface area (Å²) in [7, 11) is 1.09. The first-order valence-corrected chi connectivity index (χ1v) is 8.55. The summed E-state index contributed by atoms with van der Waals surface area (Å²) in [5.74, 6) is -2.95. The number of hydrogen-bond acceptors (Lipinski definition) is 7. The van der Waals surface area contributed by atoms with Crippen molar-refractivity contribution in [1.29, 1.82) is 0 Å². The van der Waals surface area contributed by atoms with Crippen LogP contribution in [0, 0.1) is 17.0 Å². The van der Waals surface area contributed by atoms with Crippen LogP contribution in [0.1, 0.15) is 15.9 Å². The number of nitrogens with one attached hydrogen (secondary N) is 1. The predicted octanol–water partition coefficient (Wildman–Crippen LogP) is 3.96. The quantitative estimate of drug-likeness (QED) is 0.372. The molecular formula is C18H15ClF2N2O7. The second kappa shape index (κ2) is 9.83. The molecule has 1 amide bonds. The van der Waals surface area contributed by atoms with E-state index < -0.39 is 47.0 Å². The molecule has 0 saturated carbocycles. The van der Waals surface area contributed by atoms with E-state index in [9.17, 15) is 28.5 Å². The molecular weight excluding hydrogens is 430 g/mol. The molecule has 9 nitrogen and oxygen atoms in total. The van der Waals surface area contributed by atoms with Crippen molar-refractivity contribution in [2.75, 3.05) is 19.0 Å². The summed E-state index contributed by atoms with van der Waals surface area (Å²) in [6.45, 7) is -2.36. The maximum absolute atomic E-state index is 12.5. The Hall–Kier alpha value is -3.47. The highest BCUT2D eigenvalue weighted by Gasteiger charge is 2.27. The average molecular weight is 445 g/mol. The highest BCUT2D eigenvalue weighted by molar-refractivity contribution is 6.31. The Kier molecular flexibility index (Phi) is 7.48. The topological polar surface area (TPSA) is 117 Å². The number of amides is 1. The van der Waals surface area contributed by atoms with Crippen LogP contribution < -0.4 is 14.8 Å². The number of hydrogen-bond donors (Lipinski definition) is 1. The number of nitrogens with zero attached hydrogens (tertiary/aromatic N) is 1. The third kappa shape index (κ3) is 5.54. The number of ether oxygens (including phenoxy) is 3. The number of nitro groups is 1. The number of methoxy groups -OCH3 is 1. The average Bonchev–Trinajstić information content (AvgIpc) is 2.68. The van der Waals surface area contributed by atoms with Gasteiger partial charge in [0.05, 0.1) is 18.1 Å². The van der Waals surface area contributed by atoms with Gasteiger partial charge in [-0.05, 0) is 24.6 Å². The van der Waals surface area contributed by atoms with E-state index in [1.54, 1.807) is 25.1 Å². The van der Waals surface area contributed by atoms with E-state index in [-0.39, 0.29) is 5.75 Å². The number of alkyl halides is 2. The van der Waals surface area contributed by atoms with Crippen molar-refractivity contribution in [3.05, 3.63) is 56.6 Å². The summed E-state index contributed by atoms with van der Waals surface area (Å²) in [6.07, 6.45) is 0. The van der Waals surface area contributed by atoms with E-state index in [1.165, 1.54) is 0 Å². The van der Waals surface area contributed by atoms with Gasteiger partial charge >= 0.3 is 12.6 Å². The largest absolute Gasteiger partial charge is 0.493 e. The van der Waals surface area contributed by atoms with Crippen LogP contribution >= 0.6 is 11.6 Å². The van der Waals surface area contributed by atoms with Crippen LogP contribution in [0.4, 0.5) is 20.2 Å². The van der Waals surface area contributed by atoms with E-state index >= 15 is 0 Å². The number of anilines is 1. The van der Waals surface area contributed by atoms with Crippen molar-refractivity contribution in [2.45, 2.75) is 13.5 Å². The fourth-order valence-corrected chi connectivity index (χ4v) is 2.52. The van der Waals surface area contributed by atoms with Gasteiger partial charge in [0.15, 0.2) is 18.1 Å². The van der Waals surface area contributed by atoms with Crippen LogP contribution in [0.15, 0.2) is 30.3 Å². The lowest BCUT2D eigenvalue weighted by molar-refractivity contribution is -0.385. The molecule has 0 bridgehead atoms. The van der Waals surface area contributed by atoms with Gasteiger partial charge in [0.2, 0.25) is 0 Å². The zero-order valence-electron chi connectivity index (χ0n) is 15.6. The van der Waals surface area contributed by atoms with Crippen LogP contribution in [0.3, 0.4) is 0 Å². The van der Waals surface area contributed by atoms with Crippen LogP contribution in [0.25, 0.3) is 0 Å². The Bertz CT molecular complexity index is 985. The van der Waals surface area contributed by atoms with E-state index in [0.717, 1.165) is 13.2 Å². The van der Waals surface area contributed by atoms with Crippen LogP contribution in [0.5, 0.6) is 11.5 Å². The van der Waals surface area contributed by atoms with Gasteiger partial charge in [-0.3, -0.25) is 14.9 Å². The van der Waals surface area contributed by atoms with Crippen LogP contribution in [-0.4, -0.2) is 37.1 Å². The van der Waals surface area contributed by atoms with Crippen molar-refractivity contribution < 1.29 is 37.5 Å². The second-order valence-corrected chi connectivity index (χ2v) is 6.10. The first-order valence-electron chi connectivity index (χ1n) is 8.17. The molecule has 2 aromatic rings. The fourth-order valence-electron chi connectivity index (χ4n) is 2.35. The molecule has 2 aromatic carbocycles. The summed E-state index contributed by atoms with van der Waals surface area (Å²) in [5.41, 5.74) is -0.480. The summed E-state index contributed by atoms with van der Waals surface area (Å²) >= 11 is 5.96. The molecule has 0 fully saturated rings. The number of halogens is 3. The lowest BCUT2D eigenvalue weighted by Gasteiger charge is -2.12. The van der Waals surface area contributed by atoms with Crippen molar-refractivity contribution in [1.82, 2.24) is 0 Å². The molecule has 0 aliphatic heterocycles. The zero-order chi connectivity index (χ0) is 22.4. The lowest BCUT2D eigenvalue weighted by atomic mass is 10.1. The number of rotatable bonds is 8. The molecule has 0 unspecified atom stereocenters. The van der Waals surface area contributed by atoms with Gasteiger partial charge in [0, 0.05) is 16.8 Å². The minimum Gasteiger partial charge on any atom is -0.493 e. The third-order valence-corrected chi connectivity index (χ3v) is 4.20. The Labute approximate surface area is 173 Å². The van der Waals surface area contributed by atoms with Crippen LogP contribution in [0.2, 0.25) is 5.02 Å². The van der Waals surface area contributed by atoms with Crippen molar-refractivity contribution >= 4 is 34.9 Å². The van der Waals surface area contributed by atoms with Gasteiger partial charge in [-0.2, -0.15) is 8.78 Å². The molecule has 2 rings (SSSR count). The molecule has 0 aromatic heterocycles. The minimum atomic E-state index is -3.27. The Morgan fingerprint density at radius 3 is 2.57 bits per heavy atom. The summed E-state index contributed by atoms with van der Waals surface area (Å²) in [5, 5.41) is 14.1. The van der Waals surface area contributed by atoms with E-state index in [2.05, 4.69) is 10.1 Å². The summed E-state index contributed by atoms with van der Waals surface area (Å²) in [4.78, 5) is 34.6. The van der Waals surface area contributed by atoms with Gasteiger partial charge < -0.3 is 19.5 Å². The van der Waals surface area contributed by atoms with Gasteiger partial charge in [0.25, 0.3) is 11.6 Å². The van der Waals surface area contributed by atoms with Crippen LogP contribution in [-0.2, 0) is 9.53 Å². The Balaban J connectivity index is 2.18. The number of carbonyl (C=O) groups excluding carboxylic acids is 2. The van der Waals surface area contributed by atoms with Gasteiger partial charge in [0.1, 0.15) is 5.56 Å². The fraction of sp³-hybridized carbons (Fsp3) is 0.222. The molecule has 0 spiro atoms. The molecule has 1 N–H and O–H groups in total. The predicted molar refractivity (Wildman–Crippen MR) is 101 cm³/mol. The van der Waals surface area contributed by atoms with E-state index in [0.29, 0.717) is 22.3 Å². The summed E-state index contributed by atoms with van der Waals surface area (Å²) in [6, 6.07) is 6.24. The SMILES string of the molecule is COc1cc(C(=O)OCC(=O)Nc2cccc(Cl)c2C)c([N+](=O)[O-])cc1OC(F)F. The Morgan fingerprint density at radius 1 is 1.27 bits per heavy atom. The first kappa shape index (κ1) is 22.8. The standard InChI is InChI=1S/C18H15ClF2N2O7/c1-9-11(19)4-3-5-12(9)22-16(24)8-29-17(25)10-6-14(28-2)15(30-18(20)21)7-13(10)23(26)27/h3-7,18H,8H2,1-2H3,(H,22,24). The Morgan fingerprint density at radius 2 is 1.97 bits per heavy atom. The number of carbonyl (C=O) groups is 2. The highest BCUT2D eigenvalue weighted by Crippen LogP contribution is 2.36. The maximum Gasteiger partial charge on any atom is 0.387 e. The number of esters is 1. The van der Waals surface area contributed by atoms with Gasteiger partial charge in [-0.1, -0.05) is 17.7 Å². The molecule has 30 heavy (non-hydrogen) atoms. The molecule has 12 heteroatoms. The monoisotopic (exact) mass is 444 g/mol. The molecule has 0 aliphatic carbocycles. The highest BCUT2D eigenvalue weighted by atomic mass is 35.5.